The Bertz CT molecular complexity index is 917. The quantitative estimate of drug-likeness (QED) is 0.683. The van der Waals surface area contributed by atoms with Crippen LogP contribution in [-0.2, 0) is 18.1 Å². The lowest BCUT2D eigenvalue weighted by atomic mass is 10.1. The molecular formula is C20H23N3O3. The van der Waals surface area contributed by atoms with Gasteiger partial charge in [-0.25, -0.2) is 4.98 Å². The molecule has 0 saturated carbocycles. The smallest absolute Gasteiger partial charge is 0.253 e. The van der Waals surface area contributed by atoms with Crippen LogP contribution in [0.2, 0.25) is 0 Å². The summed E-state index contributed by atoms with van der Waals surface area (Å²) in [7, 11) is 5.09. The number of aromatic nitrogens is 2. The normalized spacial score (nSPS) is 10.9. The minimum Gasteiger partial charge on any atom is -0.487 e. The van der Waals surface area contributed by atoms with Crippen molar-refractivity contribution in [3.8, 4) is 5.75 Å². The molecule has 136 valence electrons. The van der Waals surface area contributed by atoms with Gasteiger partial charge in [-0.2, -0.15) is 0 Å². The van der Waals surface area contributed by atoms with Gasteiger partial charge in [0.2, 0.25) is 0 Å². The van der Waals surface area contributed by atoms with E-state index in [9.17, 15) is 4.79 Å². The van der Waals surface area contributed by atoms with Crippen molar-refractivity contribution >= 4 is 16.9 Å². The molecule has 1 amide bonds. The monoisotopic (exact) mass is 353 g/mol. The largest absolute Gasteiger partial charge is 0.487 e. The topological polar surface area (TPSA) is 56.6 Å². The lowest BCUT2D eigenvalue weighted by Crippen LogP contribution is -2.21. The molecule has 0 aliphatic carbocycles. The first kappa shape index (κ1) is 17.9. The van der Waals surface area contributed by atoms with E-state index in [-0.39, 0.29) is 5.91 Å². The van der Waals surface area contributed by atoms with E-state index < -0.39 is 0 Å². The summed E-state index contributed by atoms with van der Waals surface area (Å²) in [5.41, 5.74) is 3.16. The van der Waals surface area contributed by atoms with Gasteiger partial charge in [0.05, 0.1) is 5.52 Å². The molecule has 0 saturated heterocycles. The number of rotatable bonds is 6. The Balaban J connectivity index is 2.06. The molecule has 3 rings (SSSR count). The zero-order chi connectivity index (χ0) is 18.7. The maximum atomic E-state index is 12.5. The van der Waals surface area contributed by atoms with E-state index in [1.165, 1.54) is 0 Å². The first-order valence-corrected chi connectivity index (χ1v) is 8.39. The molecule has 0 atom stereocenters. The van der Waals surface area contributed by atoms with E-state index in [1.54, 1.807) is 32.2 Å². The number of ether oxygens (including phenoxy) is 2. The van der Waals surface area contributed by atoms with Crippen LogP contribution in [0.4, 0.5) is 0 Å². The SMILES string of the molecule is COCn1c(C)nc2c(OCc3ccccc3)cc(C(=O)N(C)C)cc21. The first-order chi connectivity index (χ1) is 12.5. The van der Waals surface area contributed by atoms with Crippen LogP contribution >= 0.6 is 0 Å². The Labute approximate surface area is 153 Å². The fourth-order valence-corrected chi connectivity index (χ4v) is 2.83. The van der Waals surface area contributed by atoms with Gasteiger partial charge in [0.15, 0.2) is 0 Å². The van der Waals surface area contributed by atoms with Gasteiger partial charge in [0.1, 0.15) is 30.4 Å². The summed E-state index contributed by atoms with van der Waals surface area (Å²) in [5.74, 6) is 1.31. The fraction of sp³-hybridized carbons (Fsp3) is 0.300. The molecular weight excluding hydrogens is 330 g/mol. The molecule has 2 aromatic carbocycles. The number of benzene rings is 2. The molecule has 0 spiro atoms. The second-order valence-electron chi connectivity index (χ2n) is 6.32. The van der Waals surface area contributed by atoms with Gasteiger partial charge < -0.3 is 18.9 Å². The third kappa shape index (κ3) is 3.55. The number of amides is 1. The third-order valence-electron chi connectivity index (χ3n) is 4.16. The van der Waals surface area contributed by atoms with Crippen molar-refractivity contribution in [3.05, 3.63) is 59.4 Å². The highest BCUT2D eigenvalue weighted by Crippen LogP contribution is 2.29. The minimum atomic E-state index is -0.0840. The van der Waals surface area contributed by atoms with Crippen molar-refractivity contribution < 1.29 is 14.3 Å². The van der Waals surface area contributed by atoms with Crippen LogP contribution in [0, 0.1) is 6.92 Å². The maximum Gasteiger partial charge on any atom is 0.253 e. The standard InChI is InChI=1S/C20H23N3O3/c1-14-21-19-17(23(14)13-25-4)10-16(20(24)22(2)3)11-18(19)26-12-15-8-6-5-7-9-15/h5-11H,12-13H2,1-4H3. The van der Waals surface area contributed by atoms with Gasteiger partial charge in [0.25, 0.3) is 5.91 Å². The Morgan fingerprint density at radius 2 is 1.92 bits per heavy atom. The molecule has 3 aromatic rings. The number of carbonyl (C=O) groups excluding carboxylic acids is 1. The minimum absolute atomic E-state index is 0.0840. The van der Waals surface area contributed by atoms with Crippen molar-refractivity contribution in [2.75, 3.05) is 21.2 Å². The lowest BCUT2D eigenvalue weighted by molar-refractivity contribution is 0.0827. The predicted molar refractivity (Wildman–Crippen MR) is 100 cm³/mol. The summed E-state index contributed by atoms with van der Waals surface area (Å²) in [5, 5.41) is 0. The third-order valence-corrected chi connectivity index (χ3v) is 4.16. The van der Waals surface area contributed by atoms with Crippen LogP contribution in [0.3, 0.4) is 0 Å². The van der Waals surface area contributed by atoms with E-state index >= 15 is 0 Å². The Morgan fingerprint density at radius 1 is 1.19 bits per heavy atom. The molecule has 0 aliphatic rings. The molecule has 0 bridgehead atoms. The van der Waals surface area contributed by atoms with E-state index in [1.807, 2.05) is 47.9 Å². The van der Waals surface area contributed by atoms with Gasteiger partial charge >= 0.3 is 0 Å². The zero-order valence-electron chi connectivity index (χ0n) is 15.5. The van der Waals surface area contributed by atoms with Gasteiger partial charge in [-0.1, -0.05) is 30.3 Å². The number of fused-ring (bicyclic) bond motifs is 1. The number of nitrogens with zero attached hydrogens (tertiary/aromatic N) is 3. The number of aryl methyl sites for hydroxylation is 1. The molecule has 6 nitrogen and oxygen atoms in total. The molecule has 1 aromatic heterocycles. The summed E-state index contributed by atoms with van der Waals surface area (Å²) in [6, 6.07) is 13.5. The van der Waals surface area contributed by atoms with E-state index in [0.717, 1.165) is 22.4 Å². The molecule has 0 N–H and O–H groups in total. The number of hydrogen-bond donors (Lipinski definition) is 0. The van der Waals surface area contributed by atoms with Crippen molar-refractivity contribution in [2.24, 2.45) is 0 Å². The Hall–Kier alpha value is -2.86. The summed E-state index contributed by atoms with van der Waals surface area (Å²) < 4.78 is 13.2. The van der Waals surface area contributed by atoms with Crippen LogP contribution in [0.25, 0.3) is 11.0 Å². The highest BCUT2D eigenvalue weighted by atomic mass is 16.5. The molecule has 0 radical (unpaired) electrons. The van der Waals surface area contributed by atoms with Gasteiger partial charge in [-0.3, -0.25) is 4.79 Å². The van der Waals surface area contributed by atoms with Gasteiger partial charge in [-0.05, 0) is 24.6 Å². The maximum absolute atomic E-state index is 12.5. The van der Waals surface area contributed by atoms with Crippen molar-refractivity contribution in [2.45, 2.75) is 20.3 Å². The summed E-state index contributed by atoms with van der Waals surface area (Å²) in [4.78, 5) is 18.7. The summed E-state index contributed by atoms with van der Waals surface area (Å²) in [6.45, 7) is 2.68. The second kappa shape index (κ2) is 7.58. The van der Waals surface area contributed by atoms with E-state index in [2.05, 4.69) is 4.98 Å². The van der Waals surface area contributed by atoms with Crippen molar-refractivity contribution in [1.29, 1.82) is 0 Å². The average Bonchev–Trinajstić information content (AvgIpc) is 2.96. The Morgan fingerprint density at radius 3 is 2.58 bits per heavy atom. The van der Waals surface area contributed by atoms with Gasteiger partial charge in [0, 0.05) is 26.8 Å². The predicted octanol–water partition coefficient (Wildman–Crippen LogP) is 3.23. The number of hydrogen-bond acceptors (Lipinski definition) is 4. The van der Waals surface area contributed by atoms with Crippen LogP contribution in [0.5, 0.6) is 5.75 Å². The van der Waals surface area contributed by atoms with E-state index in [4.69, 9.17) is 9.47 Å². The zero-order valence-corrected chi connectivity index (χ0v) is 15.5. The Kier molecular flexibility index (Phi) is 5.23. The first-order valence-electron chi connectivity index (χ1n) is 8.39. The lowest BCUT2D eigenvalue weighted by Gasteiger charge is -2.14. The number of methoxy groups -OCH3 is 1. The summed E-state index contributed by atoms with van der Waals surface area (Å²) in [6.07, 6.45) is 0. The van der Waals surface area contributed by atoms with Crippen LogP contribution in [0.15, 0.2) is 42.5 Å². The highest BCUT2D eigenvalue weighted by Gasteiger charge is 2.18. The molecule has 0 unspecified atom stereocenters. The highest BCUT2D eigenvalue weighted by molar-refractivity contribution is 5.99. The number of carbonyl (C=O) groups is 1. The molecule has 6 heteroatoms. The van der Waals surface area contributed by atoms with Crippen molar-refractivity contribution in [1.82, 2.24) is 14.5 Å². The molecule has 0 aliphatic heterocycles. The van der Waals surface area contributed by atoms with Crippen molar-refractivity contribution in [3.63, 3.8) is 0 Å². The van der Waals surface area contributed by atoms with E-state index in [0.29, 0.717) is 24.7 Å². The van der Waals surface area contributed by atoms with Gasteiger partial charge in [-0.15, -0.1) is 0 Å². The van der Waals surface area contributed by atoms with Crippen LogP contribution in [0.1, 0.15) is 21.7 Å². The number of imidazole rings is 1. The van der Waals surface area contributed by atoms with Crippen LogP contribution in [-0.4, -0.2) is 41.6 Å². The molecule has 0 fully saturated rings. The fourth-order valence-electron chi connectivity index (χ4n) is 2.83. The molecule has 26 heavy (non-hydrogen) atoms. The molecule has 1 heterocycles. The summed E-state index contributed by atoms with van der Waals surface area (Å²) >= 11 is 0. The second-order valence-corrected chi connectivity index (χ2v) is 6.32. The average molecular weight is 353 g/mol. The van der Waals surface area contributed by atoms with Crippen LogP contribution < -0.4 is 4.74 Å².